The SMILES string of the molecule is O=C(Nc1ccsc1-c1nc(C2CC2)no1)C1CCC1. The first-order valence-electron chi connectivity index (χ1n) is 7.03. The molecule has 1 N–H and O–H groups in total. The number of aromatic nitrogens is 2. The maximum absolute atomic E-state index is 12.0. The average Bonchev–Trinajstić information content (AvgIpc) is 2.93. The van der Waals surface area contributed by atoms with Crippen molar-refractivity contribution < 1.29 is 9.32 Å². The van der Waals surface area contributed by atoms with Crippen molar-refractivity contribution in [3.63, 3.8) is 0 Å². The quantitative estimate of drug-likeness (QED) is 0.936. The van der Waals surface area contributed by atoms with Gasteiger partial charge >= 0.3 is 0 Å². The van der Waals surface area contributed by atoms with E-state index in [1.807, 2.05) is 11.4 Å². The maximum Gasteiger partial charge on any atom is 0.270 e. The van der Waals surface area contributed by atoms with Crippen molar-refractivity contribution >= 4 is 22.9 Å². The molecule has 0 aromatic carbocycles. The largest absolute Gasteiger partial charge is 0.333 e. The first kappa shape index (κ1) is 12.1. The van der Waals surface area contributed by atoms with Crippen molar-refractivity contribution in [2.75, 3.05) is 5.32 Å². The number of amides is 1. The number of hydrogen-bond acceptors (Lipinski definition) is 5. The number of carbonyl (C=O) groups is 1. The number of carbonyl (C=O) groups excluding carboxylic acids is 1. The van der Waals surface area contributed by atoms with Gasteiger partial charge in [0.15, 0.2) is 5.82 Å². The van der Waals surface area contributed by atoms with Crippen molar-refractivity contribution in [3.8, 4) is 10.8 Å². The minimum absolute atomic E-state index is 0.109. The molecule has 2 aromatic rings. The summed E-state index contributed by atoms with van der Waals surface area (Å²) < 4.78 is 5.33. The fourth-order valence-electron chi connectivity index (χ4n) is 2.31. The van der Waals surface area contributed by atoms with Crippen molar-refractivity contribution in [2.45, 2.75) is 38.0 Å². The van der Waals surface area contributed by atoms with E-state index in [0.717, 1.165) is 48.5 Å². The molecule has 2 aliphatic rings. The molecule has 1 amide bonds. The lowest BCUT2D eigenvalue weighted by atomic mass is 9.85. The number of nitrogens with one attached hydrogen (secondary N) is 1. The second-order valence-electron chi connectivity index (χ2n) is 5.51. The van der Waals surface area contributed by atoms with Crippen LogP contribution < -0.4 is 5.32 Å². The highest BCUT2D eigenvalue weighted by Crippen LogP contribution is 2.40. The summed E-state index contributed by atoms with van der Waals surface area (Å²) in [6, 6.07) is 1.90. The van der Waals surface area contributed by atoms with Crippen molar-refractivity contribution in [2.24, 2.45) is 5.92 Å². The summed E-state index contributed by atoms with van der Waals surface area (Å²) in [7, 11) is 0. The molecule has 0 bridgehead atoms. The van der Waals surface area contributed by atoms with E-state index >= 15 is 0 Å². The number of anilines is 1. The van der Waals surface area contributed by atoms with Crippen LogP contribution in [0.3, 0.4) is 0 Å². The molecule has 6 heteroatoms. The van der Waals surface area contributed by atoms with E-state index in [2.05, 4.69) is 15.5 Å². The average molecular weight is 289 g/mol. The molecule has 4 rings (SSSR count). The summed E-state index contributed by atoms with van der Waals surface area (Å²) in [5, 5.41) is 8.95. The molecule has 2 aliphatic carbocycles. The highest BCUT2D eigenvalue weighted by molar-refractivity contribution is 7.14. The molecule has 0 saturated heterocycles. The topological polar surface area (TPSA) is 68.0 Å². The monoisotopic (exact) mass is 289 g/mol. The van der Waals surface area contributed by atoms with Gasteiger partial charge in [-0.2, -0.15) is 4.98 Å². The minimum atomic E-state index is 0.109. The Morgan fingerprint density at radius 1 is 1.35 bits per heavy atom. The normalized spacial score (nSPS) is 18.8. The van der Waals surface area contributed by atoms with Crippen LogP contribution in [-0.4, -0.2) is 16.0 Å². The van der Waals surface area contributed by atoms with Crippen LogP contribution in [0.2, 0.25) is 0 Å². The molecule has 5 nitrogen and oxygen atoms in total. The first-order chi connectivity index (χ1) is 9.81. The van der Waals surface area contributed by atoms with Gasteiger partial charge in [0.1, 0.15) is 4.88 Å². The Bertz CT molecular complexity index is 640. The highest BCUT2D eigenvalue weighted by atomic mass is 32.1. The number of thiophene rings is 1. The molecule has 104 valence electrons. The second kappa shape index (κ2) is 4.70. The first-order valence-corrected chi connectivity index (χ1v) is 7.91. The van der Waals surface area contributed by atoms with E-state index < -0.39 is 0 Å². The molecule has 2 aromatic heterocycles. The van der Waals surface area contributed by atoms with Crippen LogP contribution in [0.4, 0.5) is 5.69 Å². The Morgan fingerprint density at radius 3 is 2.90 bits per heavy atom. The summed E-state index contributed by atoms with van der Waals surface area (Å²) in [4.78, 5) is 17.3. The molecular weight excluding hydrogens is 274 g/mol. The molecule has 20 heavy (non-hydrogen) atoms. The van der Waals surface area contributed by atoms with E-state index in [0.29, 0.717) is 11.8 Å². The van der Waals surface area contributed by atoms with Gasteiger partial charge in [0.25, 0.3) is 5.89 Å². The van der Waals surface area contributed by atoms with Gasteiger partial charge in [0.05, 0.1) is 5.69 Å². The molecular formula is C14H15N3O2S. The third kappa shape index (κ3) is 2.14. The summed E-state index contributed by atoms with van der Waals surface area (Å²) in [5.74, 6) is 2.07. The van der Waals surface area contributed by atoms with Crippen molar-refractivity contribution in [1.82, 2.24) is 10.1 Å². The fourth-order valence-corrected chi connectivity index (χ4v) is 3.08. The third-order valence-corrected chi connectivity index (χ3v) is 4.88. The van der Waals surface area contributed by atoms with E-state index in [-0.39, 0.29) is 11.8 Å². The summed E-state index contributed by atoms with van der Waals surface area (Å²) in [6.45, 7) is 0. The molecule has 0 radical (unpaired) electrons. The lowest BCUT2D eigenvalue weighted by Crippen LogP contribution is -2.28. The minimum Gasteiger partial charge on any atom is -0.333 e. The van der Waals surface area contributed by atoms with Gasteiger partial charge in [-0.1, -0.05) is 11.6 Å². The maximum atomic E-state index is 12.0. The number of rotatable bonds is 4. The van der Waals surface area contributed by atoms with Gasteiger partial charge in [-0.3, -0.25) is 4.79 Å². The van der Waals surface area contributed by atoms with Crippen LogP contribution >= 0.6 is 11.3 Å². The van der Waals surface area contributed by atoms with Crippen molar-refractivity contribution in [1.29, 1.82) is 0 Å². The molecule has 2 fully saturated rings. The highest BCUT2D eigenvalue weighted by Gasteiger charge is 2.30. The van der Waals surface area contributed by atoms with Crippen molar-refractivity contribution in [3.05, 3.63) is 17.3 Å². The van der Waals surface area contributed by atoms with Crippen LogP contribution in [0.5, 0.6) is 0 Å². The molecule has 0 spiro atoms. The van der Waals surface area contributed by atoms with E-state index in [9.17, 15) is 4.79 Å². The van der Waals surface area contributed by atoms with E-state index in [4.69, 9.17) is 4.52 Å². The number of nitrogens with zero attached hydrogens (tertiary/aromatic N) is 2. The van der Waals surface area contributed by atoms with Crippen LogP contribution in [0.25, 0.3) is 10.8 Å². The Labute approximate surface area is 120 Å². The van der Waals surface area contributed by atoms with Gasteiger partial charge in [0, 0.05) is 11.8 Å². The zero-order chi connectivity index (χ0) is 13.5. The van der Waals surface area contributed by atoms with Gasteiger partial charge in [-0.25, -0.2) is 0 Å². The zero-order valence-corrected chi connectivity index (χ0v) is 11.8. The Hall–Kier alpha value is -1.69. The summed E-state index contributed by atoms with van der Waals surface area (Å²) >= 11 is 1.52. The molecule has 0 atom stereocenters. The van der Waals surface area contributed by atoms with Crippen LogP contribution in [0, 0.1) is 5.92 Å². The third-order valence-electron chi connectivity index (χ3n) is 3.98. The van der Waals surface area contributed by atoms with Gasteiger partial charge in [-0.15, -0.1) is 11.3 Å². The predicted octanol–water partition coefficient (Wildman–Crippen LogP) is 3.41. The van der Waals surface area contributed by atoms with Gasteiger partial charge in [-0.05, 0) is 37.1 Å². The number of hydrogen-bond donors (Lipinski definition) is 1. The second-order valence-corrected chi connectivity index (χ2v) is 6.43. The van der Waals surface area contributed by atoms with Crippen LogP contribution in [0.1, 0.15) is 43.8 Å². The molecule has 2 heterocycles. The predicted molar refractivity (Wildman–Crippen MR) is 75.6 cm³/mol. The molecule has 2 saturated carbocycles. The van der Waals surface area contributed by atoms with Crippen LogP contribution in [0.15, 0.2) is 16.0 Å². The summed E-state index contributed by atoms with van der Waals surface area (Å²) in [5.41, 5.74) is 0.790. The Kier molecular flexibility index (Phi) is 2.84. The van der Waals surface area contributed by atoms with Gasteiger partial charge < -0.3 is 9.84 Å². The summed E-state index contributed by atoms with van der Waals surface area (Å²) in [6.07, 6.45) is 5.45. The lowest BCUT2D eigenvalue weighted by molar-refractivity contribution is -0.122. The fraction of sp³-hybridized carbons (Fsp3) is 0.500. The van der Waals surface area contributed by atoms with E-state index in [1.54, 1.807) is 0 Å². The zero-order valence-electron chi connectivity index (χ0n) is 11.0. The standard InChI is InChI=1S/C14H15N3O2S/c18-13(9-2-1-3-9)15-10-6-7-20-11(10)14-16-12(17-19-14)8-4-5-8/h6-9H,1-5H2,(H,15,18). The smallest absolute Gasteiger partial charge is 0.270 e. The van der Waals surface area contributed by atoms with Crippen LogP contribution in [-0.2, 0) is 4.79 Å². The molecule has 0 aliphatic heterocycles. The Balaban J connectivity index is 1.55. The van der Waals surface area contributed by atoms with Gasteiger partial charge in [0.2, 0.25) is 5.91 Å². The lowest BCUT2D eigenvalue weighted by Gasteiger charge is -2.23. The molecule has 0 unspecified atom stereocenters. The Morgan fingerprint density at radius 2 is 2.20 bits per heavy atom. The van der Waals surface area contributed by atoms with E-state index in [1.165, 1.54) is 11.3 Å².